The zero-order valence-corrected chi connectivity index (χ0v) is 16.9. The fourth-order valence-electron chi connectivity index (χ4n) is 3.13. The Bertz CT molecular complexity index is 519. The Morgan fingerprint density at radius 3 is 1.04 bits per heavy atom. The summed E-state index contributed by atoms with van der Waals surface area (Å²) in [6.07, 6.45) is 22.4. The molecule has 24 heavy (non-hydrogen) atoms. The highest BCUT2D eigenvalue weighted by atomic mass is 14.4. The molecule has 0 saturated heterocycles. The molecule has 0 aromatic heterocycles. The summed E-state index contributed by atoms with van der Waals surface area (Å²) in [5.41, 5.74) is 5.82. The first-order valence-electron chi connectivity index (χ1n) is 9.80. The van der Waals surface area contributed by atoms with Crippen molar-refractivity contribution in [3.05, 3.63) is 83.1 Å². The van der Waals surface area contributed by atoms with Gasteiger partial charge >= 0.3 is 0 Å². The van der Waals surface area contributed by atoms with Crippen molar-refractivity contribution in [3.63, 3.8) is 0 Å². The van der Waals surface area contributed by atoms with Crippen molar-refractivity contribution in [1.82, 2.24) is 0 Å². The summed E-state index contributed by atoms with van der Waals surface area (Å²) < 4.78 is 0. The van der Waals surface area contributed by atoms with Crippen LogP contribution in [0, 0.1) is 11.8 Å². The molecule has 0 aliphatic heterocycles. The Morgan fingerprint density at radius 1 is 0.417 bits per heavy atom. The van der Waals surface area contributed by atoms with E-state index >= 15 is 0 Å². The summed E-state index contributed by atoms with van der Waals surface area (Å²) in [6, 6.07) is 0. The largest absolute Gasteiger partial charge is 0.0683 e. The topological polar surface area (TPSA) is 0 Å². The summed E-state index contributed by atoms with van der Waals surface area (Å²) in [5.74, 6) is 1.12. The van der Waals surface area contributed by atoms with Gasteiger partial charge in [-0.2, -0.15) is 0 Å². The molecule has 0 radical (unpaired) electrons. The Hall–Kier alpha value is -1.82. The van der Waals surface area contributed by atoms with Crippen LogP contribution in [0.3, 0.4) is 0 Å². The molecule has 132 valence electrons. The first-order valence-corrected chi connectivity index (χ1v) is 9.80. The highest BCUT2D eigenvalue weighted by molar-refractivity contribution is 5.59. The van der Waals surface area contributed by atoms with E-state index in [0.29, 0.717) is 11.8 Å². The van der Waals surface area contributed by atoms with Gasteiger partial charge in [-0.3, -0.25) is 0 Å². The second-order valence-electron chi connectivity index (χ2n) is 4.67. The average Bonchev–Trinajstić information content (AvgIpc) is 2.72. The van der Waals surface area contributed by atoms with Crippen LogP contribution >= 0.6 is 0 Å². The summed E-state index contributed by atoms with van der Waals surface area (Å²) in [5, 5.41) is 0. The number of hydrogen-bond donors (Lipinski definition) is 0. The molecule has 0 nitrogen and oxygen atoms in total. The predicted molar refractivity (Wildman–Crippen MR) is 112 cm³/mol. The molecule has 0 fully saturated rings. The van der Waals surface area contributed by atoms with Crippen molar-refractivity contribution in [1.29, 1.82) is 0 Å². The van der Waals surface area contributed by atoms with Gasteiger partial charge in [0.25, 0.3) is 0 Å². The second kappa shape index (κ2) is 12.6. The molecule has 2 atom stereocenters. The molecule has 4 aliphatic rings. The van der Waals surface area contributed by atoms with Gasteiger partial charge in [0, 0.05) is 11.8 Å². The molecular weight excluding hydrogens is 288 g/mol. The third-order valence-corrected chi connectivity index (χ3v) is 3.86. The third kappa shape index (κ3) is 4.60. The number of rotatable bonds is 0. The van der Waals surface area contributed by atoms with Crippen molar-refractivity contribution in [2.75, 3.05) is 0 Å². The predicted octanol–water partition coefficient (Wildman–Crippen LogP) is 7.75. The van der Waals surface area contributed by atoms with Gasteiger partial charge in [-0.25, -0.2) is 0 Å². The average molecular weight is 325 g/mol. The van der Waals surface area contributed by atoms with Crippen LogP contribution in [0.25, 0.3) is 0 Å². The van der Waals surface area contributed by atoms with Gasteiger partial charge in [0.05, 0.1) is 0 Å². The standard InChI is InChI=1S/C16H12.4C2H6/c1-3-11-7-9-13-5-2-6-14-10-8-12(4-1)15(11)16(13)14;4*1-2/h1-10,15-16H;4*1-2H3. The zero-order chi connectivity index (χ0) is 18.5. The molecule has 0 bridgehead atoms. The third-order valence-electron chi connectivity index (χ3n) is 3.86. The van der Waals surface area contributed by atoms with E-state index in [2.05, 4.69) is 60.8 Å². The van der Waals surface area contributed by atoms with Crippen LogP contribution in [0.5, 0.6) is 0 Å². The summed E-state index contributed by atoms with van der Waals surface area (Å²) in [6.45, 7) is 16.0. The van der Waals surface area contributed by atoms with Crippen molar-refractivity contribution in [3.8, 4) is 0 Å². The van der Waals surface area contributed by atoms with E-state index in [0.717, 1.165) is 0 Å². The van der Waals surface area contributed by atoms with Gasteiger partial charge in [0.1, 0.15) is 0 Å². The van der Waals surface area contributed by atoms with Crippen molar-refractivity contribution >= 4 is 0 Å². The molecule has 0 heteroatoms. The monoisotopic (exact) mass is 324 g/mol. The Labute approximate surface area is 150 Å². The molecule has 0 amide bonds. The van der Waals surface area contributed by atoms with E-state index in [1.165, 1.54) is 22.3 Å². The van der Waals surface area contributed by atoms with Gasteiger partial charge in [0.15, 0.2) is 0 Å². The normalized spacial score (nSPS) is 22.7. The van der Waals surface area contributed by atoms with Crippen LogP contribution in [0.1, 0.15) is 55.4 Å². The molecule has 0 saturated carbocycles. The molecule has 0 aromatic carbocycles. The van der Waals surface area contributed by atoms with E-state index < -0.39 is 0 Å². The lowest BCUT2D eigenvalue weighted by Crippen LogP contribution is -2.28. The van der Waals surface area contributed by atoms with Gasteiger partial charge in [0.2, 0.25) is 0 Å². The van der Waals surface area contributed by atoms with E-state index in [1.807, 2.05) is 55.4 Å². The van der Waals surface area contributed by atoms with Crippen molar-refractivity contribution < 1.29 is 0 Å². The number of allylic oxidation sites excluding steroid dienone is 14. The quantitative estimate of drug-likeness (QED) is 0.427. The van der Waals surface area contributed by atoms with Crippen LogP contribution in [0.15, 0.2) is 83.1 Å². The van der Waals surface area contributed by atoms with Crippen LogP contribution in [-0.4, -0.2) is 0 Å². The van der Waals surface area contributed by atoms with E-state index in [4.69, 9.17) is 0 Å². The maximum absolute atomic E-state index is 2.27. The fourth-order valence-corrected chi connectivity index (χ4v) is 3.13. The van der Waals surface area contributed by atoms with Crippen LogP contribution < -0.4 is 0 Å². The molecule has 0 N–H and O–H groups in total. The van der Waals surface area contributed by atoms with Crippen LogP contribution in [-0.2, 0) is 0 Å². The molecule has 2 unspecified atom stereocenters. The molecule has 0 aromatic rings. The lowest BCUT2D eigenvalue weighted by atomic mass is 9.65. The molecule has 4 aliphatic carbocycles. The first kappa shape index (κ1) is 22.2. The Morgan fingerprint density at radius 2 is 0.708 bits per heavy atom. The van der Waals surface area contributed by atoms with E-state index in [9.17, 15) is 0 Å². The van der Waals surface area contributed by atoms with E-state index in [-0.39, 0.29) is 0 Å². The molecule has 0 spiro atoms. The van der Waals surface area contributed by atoms with Gasteiger partial charge in [-0.05, 0) is 22.3 Å². The van der Waals surface area contributed by atoms with Gasteiger partial charge in [-0.15, -0.1) is 0 Å². The van der Waals surface area contributed by atoms with Crippen molar-refractivity contribution in [2.24, 2.45) is 11.8 Å². The number of hydrogen-bond acceptors (Lipinski definition) is 0. The maximum Gasteiger partial charge on any atom is 0.0199 e. The van der Waals surface area contributed by atoms with Gasteiger partial charge in [-0.1, -0.05) is 116 Å². The van der Waals surface area contributed by atoms with Gasteiger partial charge < -0.3 is 0 Å². The summed E-state index contributed by atoms with van der Waals surface area (Å²) in [4.78, 5) is 0. The molecule has 0 heterocycles. The molecular formula is C24H36. The van der Waals surface area contributed by atoms with Crippen molar-refractivity contribution in [2.45, 2.75) is 55.4 Å². The Kier molecular flexibility index (Phi) is 11.6. The summed E-state index contributed by atoms with van der Waals surface area (Å²) in [7, 11) is 0. The second-order valence-corrected chi connectivity index (χ2v) is 4.67. The lowest BCUT2D eigenvalue weighted by Gasteiger charge is -2.39. The zero-order valence-electron chi connectivity index (χ0n) is 16.9. The highest BCUT2D eigenvalue weighted by Crippen LogP contribution is 2.47. The first-order chi connectivity index (χ1) is 11.9. The Balaban J connectivity index is 0.000000588. The minimum atomic E-state index is 0.561. The van der Waals surface area contributed by atoms with Crippen LogP contribution in [0.4, 0.5) is 0 Å². The minimum Gasteiger partial charge on any atom is -0.0683 e. The van der Waals surface area contributed by atoms with Crippen LogP contribution in [0.2, 0.25) is 0 Å². The highest BCUT2D eigenvalue weighted by Gasteiger charge is 2.36. The fraction of sp³-hybridized carbons (Fsp3) is 0.417. The molecule has 4 rings (SSSR count). The maximum atomic E-state index is 2.27. The van der Waals surface area contributed by atoms with E-state index in [1.54, 1.807) is 0 Å². The lowest BCUT2D eigenvalue weighted by molar-refractivity contribution is 0.564. The minimum absolute atomic E-state index is 0.561. The summed E-state index contributed by atoms with van der Waals surface area (Å²) >= 11 is 0. The SMILES string of the molecule is C1=CC2=CC=C3C=CC=C4C=CC(=C1)C2C43.CC.CC.CC.CC. The smallest absolute Gasteiger partial charge is 0.0199 e.